The van der Waals surface area contributed by atoms with Crippen molar-refractivity contribution in [2.75, 3.05) is 13.1 Å². The highest BCUT2D eigenvalue weighted by Gasteiger charge is 2.33. The molecule has 1 aromatic carbocycles. The van der Waals surface area contributed by atoms with Gasteiger partial charge in [0.05, 0.1) is 12.2 Å². The summed E-state index contributed by atoms with van der Waals surface area (Å²) in [7, 11) is 0. The Morgan fingerprint density at radius 1 is 1.19 bits per heavy atom. The van der Waals surface area contributed by atoms with E-state index in [1.54, 1.807) is 6.20 Å². The summed E-state index contributed by atoms with van der Waals surface area (Å²) >= 11 is 0. The van der Waals surface area contributed by atoms with Crippen molar-refractivity contribution in [3.63, 3.8) is 0 Å². The number of fused-ring (bicyclic) bond motifs is 2. The van der Waals surface area contributed by atoms with Crippen molar-refractivity contribution in [2.45, 2.75) is 64.0 Å². The van der Waals surface area contributed by atoms with Crippen molar-refractivity contribution in [3.8, 4) is 0 Å². The third-order valence-electron chi connectivity index (χ3n) is 7.68. The summed E-state index contributed by atoms with van der Waals surface area (Å²) in [5, 5.41) is 5.17. The number of H-pyrrole nitrogens is 1. The Hall–Kier alpha value is -2.73. The summed E-state index contributed by atoms with van der Waals surface area (Å²) < 4.78 is 2.01. The summed E-state index contributed by atoms with van der Waals surface area (Å²) in [6.45, 7) is 5.17. The first-order valence-corrected chi connectivity index (χ1v) is 12.1. The molecule has 0 bridgehead atoms. The molecule has 2 atom stereocenters. The van der Waals surface area contributed by atoms with Gasteiger partial charge < -0.3 is 4.98 Å². The summed E-state index contributed by atoms with van der Waals surface area (Å²) in [5.41, 5.74) is 4.92. The molecular formula is C26H31N5O. The zero-order chi connectivity index (χ0) is 21.7. The molecule has 1 aliphatic heterocycles. The van der Waals surface area contributed by atoms with E-state index >= 15 is 0 Å². The molecule has 166 valence electrons. The monoisotopic (exact) mass is 429 g/mol. The van der Waals surface area contributed by atoms with Crippen molar-refractivity contribution >= 4 is 17.1 Å². The minimum absolute atomic E-state index is 0.0531. The molecule has 3 aromatic rings. The van der Waals surface area contributed by atoms with Crippen LogP contribution in [0.15, 0.2) is 35.3 Å². The Bertz CT molecular complexity index is 1230. The molecule has 2 aromatic heterocycles. The van der Waals surface area contributed by atoms with Gasteiger partial charge in [-0.05, 0) is 48.3 Å². The first kappa shape index (κ1) is 19.9. The van der Waals surface area contributed by atoms with Crippen molar-refractivity contribution in [1.82, 2.24) is 24.6 Å². The third-order valence-corrected chi connectivity index (χ3v) is 7.68. The average Bonchev–Trinajstić information content (AvgIpc) is 3.53. The quantitative estimate of drug-likeness (QED) is 0.666. The molecule has 0 amide bonds. The third kappa shape index (κ3) is 3.51. The summed E-state index contributed by atoms with van der Waals surface area (Å²) in [4.78, 5) is 23.4. The number of aromatic amines is 1. The molecular weight excluding hydrogens is 398 g/mol. The van der Waals surface area contributed by atoms with Crippen molar-refractivity contribution in [2.24, 2.45) is 5.92 Å². The second-order valence-corrected chi connectivity index (χ2v) is 9.97. The van der Waals surface area contributed by atoms with E-state index in [9.17, 15) is 4.79 Å². The number of rotatable bonds is 4. The Balaban J connectivity index is 1.25. The number of hydrogen-bond donors (Lipinski definition) is 1. The first-order chi connectivity index (χ1) is 15.7. The van der Waals surface area contributed by atoms with Gasteiger partial charge in [0.1, 0.15) is 11.2 Å². The molecule has 6 heteroatoms. The summed E-state index contributed by atoms with van der Waals surface area (Å²) in [5.74, 6) is 1.51. The highest BCUT2D eigenvalue weighted by atomic mass is 16.1. The number of allylic oxidation sites excluding steroid dienone is 1. The Kier molecular flexibility index (Phi) is 4.98. The van der Waals surface area contributed by atoms with E-state index in [1.807, 2.05) is 4.68 Å². The highest BCUT2D eigenvalue weighted by Crippen LogP contribution is 2.34. The fraction of sp³-hybridized carbons (Fsp3) is 0.500. The number of nitrogens with zero attached hydrogens (tertiary/aromatic N) is 4. The van der Waals surface area contributed by atoms with Crippen LogP contribution in [0.25, 0.3) is 17.1 Å². The van der Waals surface area contributed by atoms with Crippen LogP contribution < -0.4 is 5.56 Å². The minimum atomic E-state index is -0.0531. The largest absolute Gasteiger partial charge is 0.310 e. The number of hydrogen-bond acceptors (Lipinski definition) is 4. The second kappa shape index (κ2) is 8.00. The Morgan fingerprint density at radius 3 is 2.94 bits per heavy atom. The van der Waals surface area contributed by atoms with Crippen LogP contribution in [-0.4, -0.2) is 37.7 Å². The Morgan fingerprint density at radius 2 is 2.06 bits per heavy atom. The standard InChI is InChI=1S/C26H31N5O/c1-17-14-30(15-18-10-11-19-6-2-3-7-20(19)12-18)16-23(17)24-28-25-22(26(32)29-24)13-27-31(25)21-8-4-5-9-21/h2,6,10-13,17,21,23H,3-5,7-9,14-16H2,1H3,(H,28,29,32)/t17-,23-/m1/s1. The van der Waals surface area contributed by atoms with Gasteiger partial charge in [0, 0.05) is 25.6 Å². The summed E-state index contributed by atoms with van der Waals surface area (Å²) in [6.07, 6.45) is 13.2. The first-order valence-electron chi connectivity index (χ1n) is 12.1. The fourth-order valence-corrected chi connectivity index (χ4v) is 5.94. The van der Waals surface area contributed by atoms with Gasteiger partial charge >= 0.3 is 0 Å². The van der Waals surface area contributed by atoms with Gasteiger partial charge in [-0.2, -0.15) is 5.10 Å². The number of nitrogens with one attached hydrogen (secondary N) is 1. The van der Waals surface area contributed by atoms with Crippen LogP contribution in [0.5, 0.6) is 0 Å². The SMILES string of the molecule is C[C@@H]1CN(Cc2ccc3c(c2)CCC=C3)C[C@H]1c1nc2c(cnn2C2CCCC2)c(=O)[nH]1. The lowest BCUT2D eigenvalue weighted by atomic mass is 9.95. The van der Waals surface area contributed by atoms with Crippen molar-refractivity contribution < 1.29 is 0 Å². The topological polar surface area (TPSA) is 66.8 Å². The van der Waals surface area contributed by atoms with Gasteiger partial charge in [0.2, 0.25) is 0 Å². The smallest absolute Gasteiger partial charge is 0.262 e. The molecule has 2 fully saturated rings. The minimum Gasteiger partial charge on any atom is -0.310 e. The predicted octanol–water partition coefficient (Wildman–Crippen LogP) is 4.43. The number of likely N-dealkylation sites (tertiary alicyclic amines) is 1. The molecule has 32 heavy (non-hydrogen) atoms. The van der Waals surface area contributed by atoms with Gasteiger partial charge in [-0.1, -0.05) is 50.1 Å². The van der Waals surface area contributed by atoms with Gasteiger partial charge in [-0.3, -0.25) is 9.69 Å². The normalized spacial score (nSPS) is 23.9. The molecule has 1 saturated heterocycles. The lowest BCUT2D eigenvalue weighted by molar-refractivity contribution is 0.318. The maximum Gasteiger partial charge on any atom is 0.262 e. The fourth-order valence-electron chi connectivity index (χ4n) is 5.94. The molecule has 1 saturated carbocycles. The molecule has 2 aliphatic carbocycles. The van der Waals surface area contributed by atoms with Crippen LogP contribution in [0.2, 0.25) is 0 Å². The van der Waals surface area contributed by atoms with Gasteiger partial charge in [-0.15, -0.1) is 0 Å². The van der Waals surface area contributed by atoms with E-state index in [2.05, 4.69) is 52.3 Å². The molecule has 3 heterocycles. The molecule has 0 radical (unpaired) electrons. The molecule has 6 rings (SSSR count). The number of aromatic nitrogens is 4. The maximum atomic E-state index is 12.8. The molecule has 1 N–H and O–H groups in total. The molecule has 3 aliphatic rings. The Labute approximate surface area is 188 Å². The number of aryl methyl sites for hydroxylation is 1. The van der Waals surface area contributed by atoms with E-state index in [1.165, 1.54) is 29.5 Å². The van der Waals surface area contributed by atoms with E-state index < -0.39 is 0 Å². The number of benzene rings is 1. The molecule has 0 unspecified atom stereocenters. The van der Waals surface area contributed by atoms with Crippen molar-refractivity contribution in [3.05, 3.63) is 63.3 Å². The van der Waals surface area contributed by atoms with Gasteiger partial charge in [0.25, 0.3) is 5.56 Å². The van der Waals surface area contributed by atoms with Crippen LogP contribution in [0, 0.1) is 5.92 Å². The lowest BCUT2D eigenvalue weighted by Crippen LogP contribution is -2.22. The average molecular weight is 430 g/mol. The van der Waals surface area contributed by atoms with Crippen LogP contribution in [-0.2, 0) is 13.0 Å². The van der Waals surface area contributed by atoms with Crippen LogP contribution in [0.3, 0.4) is 0 Å². The van der Waals surface area contributed by atoms with E-state index in [0.717, 1.165) is 56.8 Å². The van der Waals surface area contributed by atoms with Crippen LogP contribution in [0.1, 0.15) is 73.5 Å². The van der Waals surface area contributed by atoms with Gasteiger partial charge in [0.15, 0.2) is 5.65 Å². The predicted molar refractivity (Wildman–Crippen MR) is 127 cm³/mol. The van der Waals surface area contributed by atoms with E-state index in [-0.39, 0.29) is 11.5 Å². The second-order valence-electron chi connectivity index (χ2n) is 9.97. The van der Waals surface area contributed by atoms with Crippen LogP contribution >= 0.6 is 0 Å². The van der Waals surface area contributed by atoms with E-state index in [0.29, 0.717) is 17.3 Å². The maximum absolute atomic E-state index is 12.8. The van der Waals surface area contributed by atoms with Crippen molar-refractivity contribution in [1.29, 1.82) is 0 Å². The van der Waals surface area contributed by atoms with Gasteiger partial charge in [-0.25, -0.2) is 9.67 Å². The molecule has 6 nitrogen and oxygen atoms in total. The van der Waals surface area contributed by atoms with Crippen LogP contribution in [0.4, 0.5) is 0 Å². The lowest BCUT2D eigenvalue weighted by Gasteiger charge is -2.18. The molecule has 0 spiro atoms. The highest BCUT2D eigenvalue weighted by molar-refractivity contribution is 5.73. The zero-order valence-electron chi connectivity index (χ0n) is 18.8. The summed E-state index contributed by atoms with van der Waals surface area (Å²) in [6, 6.07) is 7.28. The zero-order valence-corrected chi connectivity index (χ0v) is 18.8. The van der Waals surface area contributed by atoms with E-state index in [4.69, 9.17) is 4.98 Å².